The van der Waals surface area contributed by atoms with Gasteiger partial charge in [0.05, 0.1) is 32.8 Å². The summed E-state index contributed by atoms with van der Waals surface area (Å²) in [5.74, 6) is 4.52. The van der Waals surface area contributed by atoms with Crippen LogP contribution >= 0.6 is 0 Å². The van der Waals surface area contributed by atoms with Crippen molar-refractivity contribution in [2.45, 2.75) is 47.0 Å². The van der Waals surface area contributed by atoms with Crippen LogP contribution in [-0.2, 0) is 5.41 Å². The van der Waals surface area contributed by atoms with Gasteiger partial charge in [-0.25, -0.2) is 4.99 Å². The van der Waals surface area contributed by atoms with E-state index in [1.54, 1.807) is 6.07 Å². The molecule has 6 aromatic carbocycles. The number of aromatic hydroxyl groups is 1. The van der Waals surface area contributed by atoms with Crippen LogP contribution in [0.25, 0.3) is 72.3 Å². The van der Waals surface area contributed by atoms with Crippen molar-refractivity contribution in [3.8, 4) is 34.9 Å². The van der Waals surface area contributed by atoms with Gasteiger partial charge in [-0.05, 0) is 115 Å². The van der Waals surface area contributed by atoms with E-state index in [4.69, 9.17) is 15.8 Å². The SMILES string of the molecule is C#CC1(C)C2=C(C(C)C)C(C)C=C3N(C)\C(=c4/c(=C\C=C/C)oc5ccc(-c6ccc7c(c6)c6c8ccccc8ccc6n7-c6ccccc6)cc45)N=C(c4cccc(O)c41)C32C. The maximum absolute atomic E-state index is 11.7. The number of benzene rings is 6. The summed E-state index contributed by atoms with van der Waals surface area (Å²) in [6, 6.07) is 42.9. The molecule has 8 aromatic rings. The molecule has 11 rings (SSSR count). The monoisotopic (exact) mass is 819 g/mol. The van der Waals surface area contributed by atoms with Crippen molar-refractivity contribution in [3.63, 3.8) is 0 Å². The summed E-state index contributed by atoms with van der Waals surface area (Å²) in [6.07, 6.45) is 15.1. The van der Waals surface area contributed by atoms with E-state index >= 15 is 0 Å². The highest BCUT2D eigenvalue weighted by atomic mass is 16.3. The van der Waals surface area contributed by atoms with Crippen LogP contribution in [0.2, 0.25) is 0 Å². The molecule has 2 aromatic heterocycles. The molecule has 0 saturated carbocycles. The smallest absolute Gasteiger partial charge is 0.144 e. The van der Waals surface area contributed by atoms with Crippen molar-refractivity contribution in [1.82, 2.24) is 9.47 Å². The third-order valence-electron chi connectivity index (χ3n) is 14.2. The summed E-state index contributed by atoms with van der Waals surface area (Å²) >= 11 is 0. The van der Waals surface area contributed by atoms with Crippen molar-refractivity contribution >= 4 is 61.2 Å². The van der Waals surface area contributed by atoms with E-state index in [-0.39, 0.29) is 17.6 Å². The number of hydrogen-bond donors (Lipinski definition) is 1. The fourth-order valence-corrected chi connectivity index (χ4v) is 11.6. The second kappa shape index (κ2) is 13.9. The van der Waals surface area contributed by atoms with E-state index in [1.165, 1.54) is 32.6 Å². The van der Waals surface area contributed by atoms with E-state index in [9.17, 15) is 5.11 Å². The highest BCUT2D eigenvalue weighted by Crippen LogP contribution is 2.62. The van der Waals surface area contributed by atoms with Gasteiger partial charge in [0.15, 0.2) is 0 Å². The Morgan fingerprint density at radius 1 is 0.841 bits per heavy atom. The van der Waals surface area contributed by atoms with Gasteiger partial charge in [0.1, 0.15) is 22.6 Å². The predicted molar refractivity (Wildman–Crippen MR) is 261 cm³/mol. The number of rotatable bonds is 4. The molecule has 1 N–H and O–H groups in total. The lowest BCUT2D eigenvalue weighted by atomic mass is 9.50. The molecule has 0 saturated heterocycles. The van der Waals surface area contributed by atoms with E-state index in [0.717, 1.165) is 77.9 Å². The van der Waals surface area contributed by atoms with Crippen molar-refractivity contribution < 1.29 is 9.52 Å². The Hall–Kier alpha value is -7.29. The van der Waals surface area contributed by atoms with Crippen LogP contribution in [0.1, 0.15) is 52.7 Å². The Morgan fingerprint density at radius 2 is 1.57 bits per heavy atom. The number of fused-ring (bicyclic) bond motifs is 8. The van der Waals surface area contributed by atoms with E-state index < -0.39 is 10.8 Å². The number of hydrogen-bond acceptors (Lipinski definition) is 4. The Bertz CT molecular complexity index is 3590. The standard InChI is InChI=1S/C58H49N3O2/c1-9-11-24-48-52(56-59-55-41-22-17-23-46(62)53(41)57(6,10-2)54-50(34(3)4)35(5)31-49(60(56)8)58(54,55)7)43-33-38(27-30-47(43)63-48)37-26-28-44-42(32-37)51-40-21-16-15-18-36(40)25-29-45(51)61(44)39-19-13-12-14-20-39/h2,9,11-35,62H,1,3-8H3/b11-9-,48-24+,56-52-. The van der Waals surface area contributed by atoms with Crippen LogP contribution < -0.4 is 10.6 Å². The van der Waals surface area contributed by atoms with E-state index in [1.807, 2.05) is 31.2 Å². The van der Waals surface area contributed by atoms with Gasteiger partial charge in [0.2, 0.25) is 0 Å². The van der Waals surface area contributed by atoms with Crippen LogP contribution in [-0.4, -0.2) is 27.3 Å². The fourth-order valence-electron chi connectivity index (χ4n) is 11.6. The topological polar surface area (TPSA) is 53.9 Å². The molecule has 0 fully saturated rings. The number of nitrogens with zero attached hydrogens (tertiary/aromatic N) is 3. The van der Waals surface area contributed by atoms with Crippen LogP contribution in [0.3, 0.4) is 0 Å². The van der Waals surface area contributed by atoms with Crippen LogP contribution in [0.4, 0.5) is 0 Å². The summed E-state index contributed by atoms with van der Waals surface area (Å²) in [5.41, 5.74) is 11.7. The molecular weight excluding hydrogens is 771 g/mol. The molecule has 3 aliphatic rings. The highest BCUT2D eigenvalue weighted by molar-refractivity contribution is 6.22. The molecule has 3 atom stereocenters. The maximum atomic E-state index is 11.7. The summed E-state index contributed by atoms with van der Waals surface area (Å²) in [5, 5.41) is 18.5. The number of phenolic OH excluding ortho intramolecular Hbond substituents is 1. The lowest BCUT2D eigenvalue weighted by Crippen LogP contribution is -2.54. The largest absolute Gasteiger partial charge is 0.508 e. The van der Waals surface area contributed by atoms with Crippen LogP contribution in [0, 0.1) is 29.6 Å². The molecule has 0 amide bonds. The number of phenols is 1. The Kier molecular flexibility index (Phi) is 8.50. The quantitative estimate of drug-likeness (QED) is 0.142. The van der Waals surface area contributed by atoms with Crippen molar-refractivity contribution in [3.05, 3.63) is 178 Å². The van der Waals surface area contributed by atoms with Gasteiger partial charge < -0.3 is 19.0 Å². The molecule has 0 bridgehead atoms. The lowest BCUT2D eigenvalue weighted by molar-refractivity contribution is 0.369. The minimum Gasteiger partial charge on any atom is -0.508 e. The summed E-state index contributed by atoms with van der Waals surface area (Å²) in [4.78, 5) is 8.00. The van der Waals surface area contributed by atoms with Gasteiger partial charge in [-0.1, -0.05) is 123 Å². The molecule has 2 aliphatic carbocycles. The molecule has 3 heterocycles. The van der Waals surface area contributed by atoms with Crippen molar-refractivity contribution in [2.24, 2.45) is 22.2 Å². The Morgan fingerprint density at radius 3 is 2.33 bits per heavy atom. The Labute approximate surface area is 368 Å². The summed E-state index contributed by atoms with van der Waals surface area (Å²) < 4.78 is 9.15. The van der Waals surface area contributed by atoms with Crippen LogP contribution in [0.15, 0.2) is 166 Å². The van der Waals surface area contributed by atoms with E-state index in [2.05, 4.69) is 172 Å². The molecule has 0 spiro atoms. The van der Waals surface area contributed by atoms with Gasteiger partial charge in [0.25, 0.3) is 0 Å². The number of terminal acetylenes is 1. The second-order valence-electron chi connectivity index (χ2n) is 18.1. The zero-order valence-electron chi connectivity index (χ0n) is 36.8. The number of allylic oxidation sites excluding steroid dienone is 5. The van der Waals surface area contributed by atoms with Gasteiger partial charge in [-0.15, -0.1) is 6.42 Å². The maximum Gasteiger partial charge on any atom is 0.144 e. The molecule has 1 aliphatic heterocycles. The number of furan rings is 1. The minimum atomic E-state index is -0.858. The molecule has 0 radical (unpaired) electrons. The first-order valence-corrected chi connectivity index (χ1v) is 22.0. The van der Waals surface area contributed by atoms with Crippen molar-refractivity contribution in [2.75, 3.05) is 7.05 Å². The lowest BCUT2D eigenvalue weighted by Gasteiger charge is -2.56. The highest BCUT2D eigenvalue weighted by Gasteiger charge is 2.59. The number of aromatic nitrogens is 1. The molecule has 63 heavy (non-hydrogen) atoms. The zero-order valence-corrected chi connectivity index (χ0v) is 36.8. The predicted octanol–water partition coefficient (Wildman–Crippen LogP) is 12.3. The van der Waals surface area contributed by atoms with Gasteiger partial charge >= 0.3 is 0 Å². The molecule has 5 heteroatoms. The molecule has 3 unspecified atom stereocenters. The first-order chi connectivity index (χ1) is 30.5. The minimum absolute atomic E-state index is 0.104. The normalized spacial score (nSPS) is 22.0. The second-order valence-corrected chi connectivity index (χ2v) is 18.1. The number of aliphatic imine (C=N–C) groups is 1. The summed E-state index contributed by atoms with van der Waals surface area (Å²) in [7, 11) is 2.13. The van der Waals surface area contributed by atoms with Gasteiger partial charge in [-0.3, -0.25) is 0 Å². The zero-order chi connectivity index (χ0) is 43.5. The van der Waals surface area contributed by atoms with Gasteiger partial charge in [0, 0.05) is 45.7 Å². The summed E-state index contributed by atoms with van der Waals surface area (Å²) in [6.45, 7) is 13.2. The van der Waals surface area contributed by atoms with E-state index in [0.29, 0.717) is 0 Å². The fraction of sp³-hybridized carbons (Fsp3) is 0.190. The average molecular weight is 820 g/mol. The van der Waals surface area contributed by atoms with Crippen molar-refractivity contribution in [1.29, 1.82) is 0 Å². The first-order valence-electron chi connectivity index (χ1n) is 22.0. The Balaban J connectivity index is 1.21. The molecular formula is C58H49N3O2. The molecule has 308 valence electrons. The number of para-hydroxylation sites is 1. The third kappa shape index (κ3) is 5.28. The third-order valence-corrected chi connectivity index (χ3v) is 14.2. The van der Waals surface area contributed by atoms with Crippen LogP contribution in [0.5, 0.6) is 5.75 Å². The van der Waals surface area contributed by atoms with Gasteiger partial charge in [-0.2, -0.15) is 0 Å². The molecule has 5 nitrogen and oxygen atoms in total. The first kappa shape index (κ1) is 38.6. The average Bonchev–Trinajstić information content (AvgIpc) is 3.83.